The van der Waals surface area contributed by atoms with E-state index in [0.717, 1.165) is 0 Å². The van der Waals surface area contributed by atoms with Crippen LogP contribution in [0.25, 0.3) is 0 Å². The molecule has 0 aromatic heterocycles. The molecule has 23 heavy (non-hydrogen) atoms. The molecule has 0 saturated heterocycles. The molecule has 3 aromatic carbocycles. The van der Waals surface area contributed by atoms with Crippen LogP contribution < -0.4 is 13.2 Å². The van der Waals surface area contributed by atoms with Crippen LogP contribution in [0.1, 0.15) is 20.8 Å². The van der Waals surface area contributed by atoms with Crippen molar-refractivity contribution in [3.63, 3.8) is 0 Å². The Morgan fingerprint density at radius 2 is 0.739 bits per heavy atom. The van der Waals surface area contributed by atoms with Gasteiger partial charge in [0.05, 0.1) is 0 Å². The van der Waals surface area contributed by atoms with Crippen molar-refractivity contribution in [1.29, 1.82) is 0 Å². The fraction of sp³-hybridized carbons (Fsp3) is 0.182. The summed E-state index contributed by atoms with van der Waals surface area (Å²) < 4.78 is 4.79. The first-order valence-corrected chi connectivity index (χ1v) is 12.4. The molecule has 0 spiro atoms. The van der Waals surface area contributed by atoms with Crippen LogP contribution in [-0.4, -0.2) is 13.3 Å². The van der Waals surface area contributed by atoms with Gasteiger partial charge in [-0.05, 0) is 0 Å². The molecule has 0 atom stereocenters. The maximum atomic E-state index is 2.42. The molecule has 0 aliphatic rings. The number of hydrogen-bond acceptors (Lipinski definition) is 0. The fourth-order valence-corrected chi connectivity index (χ4v) is 15.8. The molecule has 0 N–H and O–H groups in total. The summed E-state index contributed by atoms with van der Waals surface area (Å²) in [4.78, 5) is 0. The van der Waals surface area contributed by atoms with Gasteiger partial charge in [-0.1, -0.05) is 0 Å². The maximum absolute atomic E-state index is 2.80. The molecule has 1 heteroatoms. The van der Waals surface area contributed by atoms with Gasteiger partial charge in [0.25, 0.3) is 0 Å². The van der Waals surface area contributed by atoms with Crippen molar-refractivity contribution in [2.24, 2.45) is 0 Å². The van der Waals surface area contributed by atoms with Gasteiger partial charge in [0, 0.05) is 0 Å². The molecule has 116 valence electrons. The summed E-state index contributed by atoms with van der Waals surface area (Å²) >= 11 is -2.80. The molecule has 0 saturated carbocycles. The summed E-state index contributed by atoms with van der Waals surface area (Å²) in [6.07, 6.45) is 0. The molecule has 3 rings (SSSR count). The third kappa shape index (κ3) is 2.77. The van der Waals surface area contributed by atoms with Gasteiger partial charge in [-0.3, -0.25) is 0 Å². The van der Waals surface area contributed by atoms with Crippen molar-refractivity contribution >= 4 is 26.5 Å². The normalized spacial score (nSPS) is 12.1. The molecule has 0 radical (unpaired) electrons. The second-order valence-electron chi connectivity index (χ2n) is 7.10. The van der Waals surface area contributed by atoms with Crippen LogP contribution in [0.4, 0.5) is 0 Å². The van der Waals surface area contributed by atoms with E-state index in [4.69, 9.17) is 0 Å². The van der Waals surface area contributed by atoms with Gasteiger partial charge in [0.15, 0.2) is 0 Å². The molecular formula is C22H24Ge. The topological polar surface area (TPSA) is 0 Å². The molecule has 0 bridgehead atoms. The van der Waals surface area contributed by atoms with E-state index in [0.29, 0.717) is 0 Å². The number of hydrogen-bond donors (Lipinski definition) is 0. The fourth-order valence-electron chi connectivity index (χ4n) is 3.86. The Balaban J connectivity index is 2.41. The van der Waals surface area contributed by atoms with E-state index in [2.05, 4.69) is 112 Å². The first-order valence-electron chi connectivity index (χ1n) is 8.23. The predicted molar refractivity (Wildman–Crippen MR) is 104 cm³/mol. The first-order chi connectivity index (χ1) is 11.1. The SMILES string of the molecule is C[C](C)(C)[Ge]([c]1ccccc1)([c]1ccccc1)[c]1ccccc1. The van der Waals surface area contributed by atoms with Crippen molar-refractivity contribution < 1.29 is 0 Å². The number of rotatable bonds is 3. The molecule has 0 fully saturated rings. The van der Waals surface area contributed by atoms with Crippen LogP contribution in [0.2, 0.25) is 4.25 Å². The van der Waals surface area contributed by atoms with E-state index in [9.17, 15) is 0 Å². The molecular weight excluding hydrogens is 337 g/mol. The predicted octanol–water partition coefficient (Wildman–Crippen LogP) is 3.96. The average Bonchev–Trinajstić information content (AvgIpc) is 2.57. The van der Waals surface area contributed by atoms with Crippen LogP contribution in [-0.2, 0) is 0 Å². The second kappa shape index (κ2) is 6.37. The Kier molecular flexibility index (Phi) is 4.45. The summed E-state index contributed by atoms with van der Waals surface area (Å²) in [6, 6.07) is 33.5. The van der Waals surface area contributed by atoms with Gasteiger partial charge < -0.3 is 0 Å². The summed E-state index contributed by atoms with van der Waals surface area (Å²) in [5, 5.41) is 0. The molecule has 3 aromatic rings. The Morgan fingerprint density at radius 3 is 0.957 bits per heavy atom. The zero-order valence-corrected chi connectivity index (χ0v) is 16.3. The van der Waals surface area contributed by atoms with E-state index in [1.165, 1.54) is 13.2 Å². The average molecular weight is 361 g/mol. The van der Waals surface area contributed by atoms with Crippen molar-refractivity contribution in [1.82, 2.24) is 0 Å². The van der Waals surface area contributed by atoms with Crippen molar-refractivity contribution in [3.8, 4) is 0 Å². The minimum atomic E-state index is -2.80. The Labute approximate surface area is 142 Å². The van der Waals surface area contributed by atoms with Gasteiger partial charge in [0.1, 0.15) is 0 Å². The van der Waals surface area contributed by atoms with E-state index >= 15 is 0 Å². The molecule has 0 nitrogen and oxygen atoms in total. The van der Waals surface area contributed by atoms with Crippen molar-refractivity contribution in [2.45, 2.75) is 25.0 Å². The van der Waals surface area contributed by atoms with Crippen molar-refractivity contribution in [3.05, 3.63) is 91.0 Å². The molecule has 0 heterocycles. The van der Waals surface area contributed by atoms with E-state index in [1.807, 2.05) is 0 Å². The molecule has 0 aliphatic heterocycles. The van der Waals surface area contributed by atoms with Gasteiger partial charge in [-0.2, -0.15) is 0 Å². The third-order valence-electron chi connectivity index (χ3n) is 4.75. The first kappa shape index (κ1) is 16.1. The zero-order chi connectivity index (χ0) is 16.3. The standard InChI is InChI=1S/C22H24Ge/c1-22(2,3)23(19-13-7-4-8-14-19,20-15-9-5-10-16-20)21-17-11-6-12-18-21/h4-18H,1-3H3. The van der Waals surface area contributed by atoms with E-state index < -0.39 is 13.3 Å². The third-order valence-corrected chi connectivity index (χ3v) is 17.0. The summed E-state index contributed by atoms with van der Waals surface area (Å²) in [6.45, 7) is 7.25. The zero-order valence-electron chi connectivity index (χ0n) is 14.2. The van der Waals surface area contributed by atoms with Gasteiger partial charge >= 0.3 is 142 Å². The van der Waals surface area contributed by atoms with Crippen LogP contribution in [0.5, 0.6) is 0 Å². The van der Waals surface area contributed by atoms with E-state index in [1.54, 1.807) is 0 Å². The van der Waals surface area contributed by atoms with E-state index in [-0.39, 0.29) is 4.25 Å². The van der Waals surface area contributed by atoms with Crippen LogP contribution in [0.15, 0.2) is 91.0 Å². The molecule has 0 unspecified atom stereocenters. The van der Waals surface area contributed by atoms with Gasteiger partial charge in [-0.25, -0.2) is 0 Å². The summed E-state index contributed by atoms with van der Waals surface area (Å²) in [5.41, 5.74) is 0. The Hall–Kier alpha value is -1.80. The molecule has 0 aliphatic carbocycles. The van der Waals surface area contributed by atoms with Crippen LogP contribution in [0, 0.1) is 0 Å². The summed E-state index contributed by atoms with van der Waals surface area (Å²) in [5.74, 6) is 0. The Morgan fingerprint density at radius 1 is 0.478 bits per heavy atom. The second-order valence-corrected chi connectivity index (χ2v) is 17.0. The molecule has 0 amide bonds. The summed E-state index contributed by atoms with van der Waals surface area (Å²) in [7, 11) is 0. The van der Waals surface area contributed by atoms with Crippen molar-refractivity contribution in [2.75, 3.05) is 0 Å². The quantitative estimate of drug-likeness (QED) is 0.620. The van der Waals surface area contributed by atoms with Crippen LogP contribution in [0.3, 0.4) is 0 Å². The van der Waals surface area contributed by atoms with Crippen LogP contribution >= 0.6 is 0 Å². The Bertz CT molecular complexity index is 644. The minimum absolute atomic E-state index is 0.212. The monoisotopic (exact) mass is 362 g/mol. The van der Waals surface area contributed by atoms with Gasteiger partial charge in [0.2, 0.25) is 0 Å². The van der Waals surface area contributed by atoms with Gasteiger partial charge in [-0.15, -0.1) is 0 Å². The number of benzene rings is 3.